The van der Waals surface area contributed by atoms with Crippen LogP contribution in [-0.2, 0) is 19.6 Å². The summed E-state index contributed by atoms with van der Waals surface area (Å²) in [6, 6.07) is 6.68. The van der Waals surface area contributed by atoms with Crippen LogP contribution in [0.1, 0.15) is 12.5 Å². The minimum atomic E-state index is -3.58. The number of sulfonamides is 1. The summed E-state index contributed by atoms with van der Waals surface area (Å²) in [5.74, 6) is -0.363. The van der Waals surface area contributed by atoms with Gasteiger partial charge in [-0.2, -0.15) is 4.31 Å². The summed E-state index contributed by atoms with van der Waals surface area (Å²) >= 11 is 5.86. The molecule has 1 aromatic carbocycles. The lowest BCUT2D eigenvalue weighted by Gasteiger charge is -2.16. The molecule has 1 aromatic rings. The molecule has 21 heavy (non-hydrogen) atoms. The molecule has 116 valence electrons. The summed E-state index contributed by atoms with van der Waals surface area (Å²) in [5, 5.41) is 0. The molecule has 0 spiro atoms. The van der Waals surface area contributed by atoms with Gasteiger partial charge in [0.2, 0.25) is 10.0 Å². The predicted molar refractivity (Wildman–Crippen MR) is 79.7 cm³/mol. The minimum absolute atomic E-state index is 0.146. The summed E-state index contributed by atoms with van der Waals surface area (Å²) in [6.45, 7) is 3.61. The molecule has 0 N–H and O–H groups in total. The van der Waals surface area contributed by atoms with Crippen molar-refractivity contribution in [2.75, 3.05) is 19.0 Å². The summed E-state index contributed by atoms with van der Waals surface area (Å²) in [5.41, 5.74) is 0.992. The number of hydrogen-bond donors (Lipinski definition) is 0. The van der Waals surface area contributed by atoms with Gasteiger partial charge in [-0.15, -0.1) is 11.6 Å². The van der Waals surface area contributed by atoms with Gasteiger partial charge in [-0.3, -0.25) is 4.79 Å². The lowest BCUT2D eigenvalue weighted by molar-refractivity contribution is -0.147. The van der Waals surface area contributed by atoms with Crippen molar-refractivity contribution in [2.24, 2.45) is 5.92 Å². The van der Waals surface area contributed by atoms with Crippen LogP contribution in [0.25, 0.3) is 0 Å². The fraction of sp³-hybridized carbons (Fsp3) is 0.500. The van der Waals surface area contributed by atoms with Crippen LogP contribution in [0, 0.1) is 12.8 Å². The molecule has 0 amide bonds. The molecule has 0 saturated carbocycles. The van der Waals surface area contributed by atoms with Crippen molar-refractivity contribution in [2.45, 2.75) is 24.8 Å². The van der Waals surface area contributed by atoms with Gasteiger partial charge in [0, 0.05) is 25.3 Å². The van der Waals surface area contributed by atoms with E-state index in [0.717, 1.165) is 5.56 Å². The highest BCUT2D eigenvalue weighted by Crippen LogP contribution is 2.27. The molecule has 1 heterocycles. The molecule has 2 atom stereocenters. The van der Waals surface area contributed by atoms with Crippen LogP contribution in [-0.4, -0.2) is 43.8 Å². The van der Waals surface area contributed by atoms with Crippen LogP contribution < -0.4 is 0 Å². The molecule has 2 rings (SSSR count). The zero-order valence-electron chi connectivity index (χ0n) is 12.0. The van der Waals surface area contributed by atoms with E-state index in [1.165, 1.54) is 11.2 Å². The molecule has 1 saturated heterocycles. The van der Waals surface area contributed by atoms with Gasteiger partial charge >= 0.3 is 5.97 Å². The maximum atomic E-state index is 12.6. The van der Waals surface area contributed by atoms with E-state index in [9.17, 15) is 13.2 Å². The normalized spacial score (nSPS) is 23.2. The third-order valence-electron chi connectivity index (χ3n) is 3.52. The van der Waals surface area contributed by atoms with Crippen molar-refractivity contribution < 1.29 is 17.9 Å². The van der Waals surface area contributed by atoms with Crippen molar-refractivity contribution in [1.29, 1.82) is 0 Å². The number of alkyl halides is 1. The van der Waals surface area contributed by atoms with E-state index < -0.39 is 22.1 Å². The third-order valence-corrected chi connectivity index (χ3v) is 5.76. The standard InChI is InChI=1S/C14H18ClNO4S/c1-10-3-5-13(6-4-10)21(18,19)16-8-12(7-15)14(9-16)20-11(2)17/h3-6,12,14H,7-9H2,1-2H3/t12-,14+/m1/s1. The second-order valence-corrected chi connectivity index (χ2v) is 7.44. The molecule has 7 heteroatoms. The van der Waals surface area contributed by atoms with Crippen molar-refractivity contribution in [1.82, 2.24) is 4.31 Å². The lowest BCUT2D eigenvalue weighted by Crippen LogP contribution is -2.30. The largest absolute Gasteiger partial charge is 0.461 e. The number of hydrogen-bond acceptors (Lipinski definition) is 4. The Morgan fingerprint density at radius 2 is 1.95 bits per heavy atom. The molecule has 1 aliphatic heterocycles. The average molecular weight is 332 g/mol. The van der Waals surface area contributed by atoms with Gasteiger partial charge in [0.1, 0.15) is 6.10 Å². The van der Waals surface area contributed by atoms with E-state index in [2.05, 4.69) is 0 Å². The molecule has 0 aliphatic carbocycles. The molecule has 1 fully saturated rings. The fourth-order valence-electron chi connectivity index (χ4n) is 2.35. The number of carbonyl (C=O) groups excluding carboxylic acids is 1. The van der Waals surface area contributed by atoms with Gasteiger partial charge in [-0.1, -0.05) is 17.7 Å². The Morgan fingerprint density at radius 1 is 1.33 bits per heavy atom. The number of carbonyl (C=O) groups is 1. The number of ether oxygens (including phenoxy) is 1. The Labute approximate surface area is 129 Å². The van der Waals surface area contributed by atoms with E-state index in [0.29, 0.717) is 0 Å². The molecule has 1 aliphatic rings. The highest BCUT2D eigenvalue weighted by molar-refractivity contribution is 7.89. The average Bonchev–Trinajstić information content (AvgIpc) is 2.82. The van der Waals surface area contributed by atoms with E-state index in [1.54, 1.807) is 24.3 Å². The number of rotatable bonds is 4. The van der Waals surface area contributed by atoms with Crippen molar-refractivity contribution in [3.05, 3.63) is 29.8 Å². The first-order valence-corrected chi connectivity index (χ1v) is 8.62. The molecule has 0 bridgehead atoms. The topological polar surface area (TPSA) is 63.7 Å². The van der Waals surface area contributed by atoms with Crippen LogP contribution >= 0.6 is 11.6 Å². The molecule has 5 nitrogen and oxygen atoms in total. The highest BCUT2D eigenvalue weighted by Gasteiger charge is 2.40. The van der Waals surface area contributed by atoms with Crippen LogP contribution in [0.4, 0.5) is 0 Å². The number of aryl methyl sites for hydroxylation is 1. The summed E-state index contributed by atoms with van der Waals surface area (Å²) in [7, 11) is -3.58. The Kier molecular flexibility index (Phi) is 4.91. The van der Waals surface area contributed by atoms with Gasteiger partial charge in [-0.05, 0) is 19.1 Å². The molecular weight excluding hydrogens is 314 g/mol. The quantitative estimate of drug-likeness (QED) is 0.623. The number of benzene rings is 1. The van der Waals surface area contributed by atoms with Crippen LogP contribution in [0.5, 0.6) is 0 Å². The molecule has 0 radical (unpaired) electrons. The van der Waals surface area contributed by atoms with Gasteiger partial charge in [0.05, 0.1) is 11.4 Å². The zero-order valence-corrected chi connectivity index (χ0v) is 13.5. The SMILES string of the molecule is CC(=O)O[C@H]1CN(S(=O)(=O)c2ccc(C)cc2)C[C@H]1CCl. The molecule has 0 unspecified atom stereocenters. The maximum absolute atomic E-state index is 12.6. The monoisotopic (exact) mass is 331 g/mol. The van der Waals surface area contributed by atoms with Crippen LogP contribution in [0.2, 0.25) is 0 Å². The van der Waals surface area contributed by atoms with E-state index in [-0.39, 0.29) is 29.8 Å². The summed E-state index contributed by atoms with van der Waals surface area (Å²) < 4.78 is 31.7. The summed E-state index contributed by atoms with van der Waals surface area (Å²) in [6.07, 6.45) is -0.486. The van der Waals surface area contributed by atoms with Crippen molar-refractivity contribution in [3.63, 3.8) is 0 Å². The second-order valence-electron chi connectivity index (χ2n) is 5.20. The van der Waals surface area contributed by atoms with Crippen molar-refractivity contribution >= 4 is 27.6 Å². The first-order valence-electron chi connectivity index (χ1n) is 6.64. The zero-order chi connectivity index (χ0) is 15.6. The Balaban J connectivity index is 2.21. The molecule has 0 aromatic heterocycles. The van der Waals surface area contributed by atoms with Gasteiger partial charge in [0.15, 0.2) is 0 Å². The van der Waals surface area contributed by atoms with Gasteiger partial charge in [0.25, 0.3) is 0 Å². The lowest BCUT2D eigenvalue weighted by atomic mass is 10.1. The van der Waals surface area contributed by atoms with Crippen molar-refractivity contribution in [3.8, 4) is 0 Å². The highest BCUT2D eigenvalue weighted by atomic mass is 35.5. The first-order chi connectivity index (χ1) is 9.84. The summed E-state index contributed by atoms with van der Waals surface area (Å²) in [4.78, 5) is 11.3. The smallest absolute Gasteiger partial charge is 0.302 e. The number of halogens is 1. The van der Waals surface area contributed by atoms with E-state index in [1.807, 2.05) is 6.92 Å². The second kappa shape index (κ2) is 6.34. The van der Waals surface area contributed by atoms with Crippen LogP contribution in [0.15, 0.2) is 29.2 Å². The number of nitrogens with zero attached hydrogens (tertiary/aromatic N) is 1. The number of esters is 1. The van der Waals surface area contributed by atoms with Gasteiger partial charge < -0.3 is 4.74 Å². The maximum Gasteiger partial charge on any atom is 0.302 e. The first kappa shape index (κ1) is 16.3. The minimum Gasteiger partial charge on any atom is -0.461 e. The predicted octanol–water partition coefficient (Wildman–Crippen LogP) is 1.79. The fourth-order valence-corrected chi connectivity index (χ4v) is 4.16. The van der Waals surface area contributed by atoms with E-state index in [4.69, 9.17) is 16.3 Å². The van der Waals surface area contributed by atoms with Crippen LogP contribution in [0.3, 0.4) is 0 Å². The van der Waals surface area contributed by atoms with E-state index >= 15 is 0 Å². The molecular formula is C14H18ClNO4S. The Bertz CT molecular complexity index is 614. The van der Waals surface area contributed by atoms with Gasteiger partial charge in [-0.25, -0.2) is 8.42 Å². The Morgan fingerprint density at radius 3 is 2.48 bits per heavy atom. The Hall–Kier alpha value is -1.11. The third kappa shape index (κ3) is 3.56.